The molecule has 4 nitrogen and oxygen atoms in total. The van der Waals surface area contributed by atoms with Gasteiger partial charge in [-0.3, -0.25) is 4.90 Å². The molecule has 2 atom stereocenters. The Bertz CT molecular complexity index is 1400. The number of halogens is 1. The van der Waals surface area contributed by atoms with E-state index in [1.807, 2.05) is 23.5 Å². The van der Waals surface area contributed by atoms with Gasteiger partial charge in [0, 0.05) is 45.3 Å². The quantitative estimate of drug-likeness (QED) is 0.178. The molecule has 0 N–H and O–H groups in total. The predicted octanol–water partition coefficient (Wildman–Crippen LogP) is 9.93. The van der Waals surface area contributed by atoms with E-state index in [9.17, 15) is 0 Å². The van der Waals surface area contributed by atoms with Gasteiger partial charge in [-0.1, -0.05) is 92.8 Å². The Labute approximate surface area is 280 Å². The minimum Gasteiger partial charge on any atom is -0.339 e. The third-order valence-corrected chi connectivity index (χ3v) is 10.4. The molecule has 6 rings (SSSR count). The minimum absolute atomic E-state index is 0. The summed E-state index contributed by atoms with van der Waals surface area (Å²) in [5, 5.41) is 0. The first-order chi connectivity index (χ1) is 20.9. The number of benzene rings is 4. The van der Waals surface area contributed by atoms with Crippen LogP contribution in [0, 0.1) is 5.92 Å². The molecular formula is C37H47ClN4S2. The average molecular weight is 647 g/mol. The van der Waals surface area contributed by atoms with Crippen molar-refractivity contribution in [1.29, 1.82) is 0 Å². The molecule has 44 heavy (non-hydrogen) atoms. The van der Waals surface area contributed by atoms with Gasteiger partial charge in [-0.05, 0) is 88.6 Å². The number of hydrogen-bond acceptors (Lipinski definition) is 6. The molecule has 2 aliphatic heterocycles. The number of para-hydroxylation sites is 4. The highest BCUT2D eigenvalue weighted by atomic mass is 35.5. The lowest BCUT2D eigenvalue weighted by Crippen LogP contribution is -2.41. The molecule has 0 aromatic heterocycles. The predicted molar refractivity (Wildman–Crippen MR) is 195 cm³/mol. The molecule has 4 aromatic rings. The molecule has 4 aromatic carbocycles. The van der Waals surface area contributed by atoms with E-state index >= 15 is 0 Å². The van der Waals surface area contributed by atoms with Gasteiger partial charge >= 0.3 is 0 Å². The highest BCUT2D eigenvalue weighted by Gasteiger charge is 2.26. The average Bonchev–Trinajstić information content (AvgIpc) is 3.01. The van der Waals surface area contributed by atoms with Crippen molar-refractivity contribution in [3.63, 3.8) is 0 Å². The maximum atomic E-state index is 2.52. The molecule has 0 aliphatic carbocycles. The highest BCUT2D eigenvalue weighted by molar-refractivity contribution is 8.00. The zero-order valence-corrected chi connectivity index (χ0v) is 29.4. The van der Waals surface area contributed by atoms with E-state index < -0.39 is 0 Å². The summed E-state index contributed by atoms with van der Waals surface area (Å²) in [6.45, 7) is 14.5. The molecule has 0 spiro atoms. The Morgan fingerprint density at radius 2 is 0.909 bits per heavy atom. The first-order valence-corrected chi connectivity index (χ1v) is 17.2. The Morgan fingerprint density at radius 3 is 1.25 bits per heavy atom. The molecule has 2 unspecified atom stereocenters. The second-order valence-electron chi connectivity index (χ2n) is 11.7. The summed E-state index contributed by atoms with van der Waals surface area (Å²) >= 11 is 3.75. The third kappa shape index (κ3) is 7.96. The molecule has 0 saturated carbocycles. The van der Waals surface area contributed by atoms with Gasteiger partial charge in [-0.25, -0.2) is 0 Å². The smallest absolute Gasteiger partial charge is 0.0553 e. The topological polar surface area (TPSA) is 13.0 Å². The first kappa shape index (κ1) is 34.3. The van der Waals surface area contributed by atoms with Gasteiger partial charge in [0.25, 0.3) is 0 Å². The van der Waals surface area contributed by atoms with Crippen molar-refractivity contribution in [2.45, 2.75) is 53.3 Å². The van der Waals surface area contributed by atoms with Crippen molar-refractivity contribution in [3.05, 3.63) is 97.1 Å². The summed E-state index contributed by atoms with van der Waals surface area (Å²) in [6.07, 6.45) is 0. The van der Waals surface area contributed by atoms with Crippen LogP contribution < -0.4 is 9.80 Å². The van der Waals surface area contributed by atoms with Crippen LogP contribution in [0.5, 0.6) is 0 Å². The van der Waals surface area contributed by atoms with Gasteiger partial charge in [0.1, 0.15) is 0 Å². The van der Waals surface area contributed by atoms with Crippen LogP contribution in [0.25, 0.3) is 0 Å². The lowest BCUT2D eigenvalue weighted by atomic mass is 10.1. The molecule has 0 bridgehead atoms. The second kappa shape index (κ2) is 16.1. The number of fused-ring (bicyclic) bond motifs is 4. The van der Waals surface area contributed by atoms with E-state index in [1.165, 1.54) is 42.3 Å². The first-order valence-electron chi connectivity index (χ1n) is 15.5. The van der Waals surface area contributed by atoms with Gasteiger partial charge in [-0.2, -0.15) is 0 Å². The molecule has 0 fully saturated rings. The summed E-state index contributed by atoms with van der Waals surface area (Å²) < 4.78 is 0. The maximum Gasteiger partial charge on any atom is 0.0553 e. The van der Waals surface area contributed by atoms with Crippen LogP contribution in [-0.2, 0) is 0 Å². The van der Waals surface area contributed by atoms with E-state index in [0.29, 0.717) is 12.0 Å². The maximum absolute atomic E-state index is 2.52. The van der Waals surface area contributed by atoms with Gasteiger partial charge in [0.15, 0.2) is 0 Å². The normalized spacial score (nSPS) is 14.4. The summed E-state index contributed by atoms with van der Waals surface area (Å²) in [6, 6.07) is 35.5. The number of nitrogens with zero attached hydrogens (tertiary/aromatic N) is 4. The molecule has 7 heteroatoms. The Hall–Kier alpha value is -2.61. The monoisotopic (exact) mass is 646 g/mol. The molecule has 0 radical (unpaired) electrons. The van der Waals surface area contributed by atoms with Crippen LogP contribution in [0.3, 0.4) is 0 Å². The highest BCUT2D eigenvalue weighted by Crippen LogP contribution is 2.49. The van der Waals surface area contributed by atoms with Crippen LogP contribution in [0.15, 0.2) is 117 Å². The molecule has 2 aliphatic rings. The van der Waals surface area contributed by atoms with E-state index in [-0.39, 0.29) is 12.4 Å². The van der Waals surface area contributed by atoms with Crippen molar-refractivity contribution < 1.29 is 0 Å². The largest absolute Gasteiger partial charge is 0.339 e. The number of hydrogen-bond donors (Lipinski definition) is 0. The van der Waals surface area contributed by atoms with Crippen LogP contribution in [0.4, 0.5) is 22.7 Å². The Morgan fingerprint density at radius 1 is 0.568 bits per heavy atom. The van der Waals surface area contributed by atoms with E-state index in [4.69, 9.17) is 0 Å². The lowest BCUT2D eigenvalue weighted by molar-refractivity contribution is 0.236. The molecular weight excluding hydrogens is 600 g/mol. The lowest BCUT2D eigenvalue weighted by Gasteiger charge is -2.37. The third-order valence-electron chi connectivity index (χ3n) is 8.12. The van der Waals surface area contributed by atoms with Crippen molar-refractivity contribution in [1.82, 2.24) is 9.80 Å². The van der Waals surface area contributed by atoms with Crippen LogP contribution >= 0.6 is 35.9 Å². The van der Waals surface area contributed by atoms with Crippen molar-refractivity contribution >= 4 is 58.7 Å². The summed E-state index contributed by atoms with van der Waals surface area (Å²) in [5.41, 5.74) is 5.36. The Kier molecular flexibility index (Phi) is 12.5. The van der Waals surface area contributed by atoms with Gasteiger partial charge < -0.3 is 14.7 Å². The molecule has 234 valence electrons. The summed E-state index contributed by atoms with van der Waals surface area (Å²) in [5.74, 6) is 0.615. The van der Waals surface area contributed by atoms with Crippen molar-refractivity contribution in [2.24, 2.45) is 5.92 Å². The van der Waals surface area contributed by atoms with Crippen LogP contribution in [0.2, 0.25) is 0 Å². The second-order valence-corrected chi connectivity index (χ2v) is 13.9. The van der Waals surface area contributed by atoms with Crippen molar-refractivity contribution in [3.8, 4) is 0 Å². The van der Waals surface area contributed by atoms with E-state index in [1.54, 1.807) is 0 Å². The molecule has 0 saturated heterocycles. The van der Waals surface area contributed by atoms with E-state index in [2.05, 4.69) is 158 Å². The fourth-order valence-electron chi connectivity index (χ4n) is 6.18. The SMILES string of the molecule is CC(CN(C)C)CN1c2ccccc2Sc2ccccc21.CCN(CC)C(C)CN1c2ccccc2Sc2ccccc21.Cl. The van der Waals surface area contributed by atoms with Crippen molar-refractivity contribution in [2.75, 3.05) is 56.6 Å². The standard InChI is InChI=1S/C19H24N2S.C18H22N2S.ClH/c1-4-20(5-2)15(3)14-21-16-10-6-8-12-18(16)22-19-13-9-7-11-17(19)21;1-14(12-19(2)3)13-20-15-8-4-6-10-17(15)21-18-11-7-5-9-16(18)20;/h6-13,15H,4-5,14H2,1-3H3;4-11,14H,12-13H2,1-3H3;1H. The van der Waals surface area contributed by atoms with Gasteiger partial charge in [0.2, 0.25) is 0 Å². The van der Waals surface area contributed by atoms with Gasteiger partial charge in [-0.15, -0.1) is 12.4 Å². The fraction of sp³-hybridized carbons (Fsp3) is 0.351. The summed E-state index contributed by atoms with van der Waals surface area (Å²) in [7, 11) is 4.29. The van der Waals surface area contributed by atoms with Crippen LogP contribution in [-0.4, -0.2) is 62.7 Å². The zero-order valence-electron chi connectivity index (χ0n) is 26.9. The fourth-order valence-corrected chi connectivity index (χ4v) is 8.37. The summed E-state index contributed by atoms with van der Waals surface area (Å²) in [4.78, 5) is 15.2. The molecule has 2 heterocycles. The minimum atomic E-state index is 0. The number of rotatable bonds is 9. The van der Waals surface area contributed by atoms with E-state index in [0.717, 1.165) is 32.7 Å². The Balaban J connectivity index is 0.000000197. The number of anilines is 4. The van der Waals surface area contributed by atoms with Crippen LogP contribution in [0.1, 0.15) is 27.7 Å². The van der Waals surface area contributed by atoms with Gasteiger partial charge in [0.05, 0.1) is 22.7 Å². The molecule has 0 amide bonds. The zero-order chi connectivity index (χ0) is 30.3. The number of likely N-dealkylation sites (N-methyl/N-ethyl adjacent to an activating group) is 1.